The number of anilines is 2. The molecule has 58 heavy (non-hydrogen) atoms. The van der Waals surface area contributed by atoms with Crippen LogP contribution < -0.4 is 11.5 Å². The van der Waals surface area contributed by atoms with Gasteiger partial charge in [0.25, 0.3) is 0 Å². The number of nitrogens with zero attached hydrogens (tertiary/aromatic N) is 8. The average Bonchev–Trinajstić information content (AvgIpc) is 4.02. The van der Waals surface area contributed by atoms with Gasteiger partial charge in [0.05, 0.1) is 29.8 Å². The summed E-state index contributed by atoms with van der Waals surface area (Å²) in [7, 11) is 0. The van der Waals surface area contributed by atoms with Gasteiger partial charge in [-0.1, -0.05) is 19.3 Å². The molecule has 306 valence electrons. The zero-order chi connectivity index (χ0) is 40.9. The van der Waals surface area contributed by atoms with Crippen molar-refractivity contribution in [1.29, 1.82) is 10.5 Å². The summed E-state index contributed by atoms with van der Waals surface area (Å²) in [5.74, 6) is -1.53. The number of nitrogens with two attached hydrogens (primary N) is 2. The van der Waals surface area contributed by atoms with Crippen LogP contribution in [0.4, 0.5) is 11.6 Å². The lowest BCUT2D eigenvalue weighted by atomic mass is 9.85. The minimum Gasteiger partial charge on any atom is -0.463 e. The molecule has 0 spiro atoms. The van der Waals surface area contributed by atoms with Gasteiger partial charge in [-0.05, 0) is 62.8 Å². The number of ether oxygens (including phenoxy) is 4. The molecule has 20 heteroatoms. The Balaban J connectivity index is 0.943. The van der Waals surface area contributed by atoms with E-state index in [1.807, 2.05) is 12.1 Å². The molecule has 0 bridgehead atoms. The highest BCUT2D eigenvalue weighted by Crippen LogP contribution is 2.42. The van der Waals surface area contributed by atoms with E-state index in [-0.39, 0.29) is 48.1 Å². The van der Waals surface area contributed by atoms with Crippen LogP contribution in [0.3, 0.4) is 0 Å². The second kappa shape index (κ2) is 15.4. The number of hydrogen-bond donors (Lipinski definition) is 6. The van der Waals surface area contributed by atoms with Crippen molar-refractivity contribution < 1.29 is 49.0 Å². The maximum atomic E-state index is 13.5. The minimum atomic E-state index is -2.08. The molecule has 2 saturated carbocycles. The molecule has 6 heterocycles. The van der Waals surface area contributed by atoms with Crippen LogP contribution in [0.15, 0.2) is 30.6 Å². The van der Waals surface area contributed by atoms with Crippen LogP contribution in [0.1, 0.15) is 80.9 Å². The third kappa shape index (κ3) is 6.46. The molecule has 4 unspecified atom stereocenters. The standard InChI is InChI=1S/C38H44N10O10/c39-16-37(26-12-10-22-32(41)43-18-44-47(22)26)30(51)28(49)24(15-56-37)57-36(54)21-7-3-6-19(8-9-21)34-45-33(42)23-11-13-27(48(23)46-34)38(17-40)31(52)29(50)25(58-38)14-55-35(53)20-4-1-2-5-20/h10-13,18-21,24-25,28-31,49-52H,1-9,14-15H2,(H2,41,43,44)(H2,42,45,46)/t19?,21?,24?,25-,28?,29-,30-,31-,37+,38+/m1/s1. The number of aliphatic hydroxyl groups excluding tert-OH is 4. The Kier molecular flexibility index (Phi) is 10.4. The number of aromatic nitrogens is 6. The largest absolute Gasteiger partial charge is 0.463 e. The molecule has 4 fully saturated rings. The first-order valence-electron chi connectivity index (χ1n) is 19.4. The van der Waals surface area contributed by atoms with E-state index < -0.39 is 65.7 Å². The van der Waals surface area contributed by atoms with Crippen LogP contribution in [0.2, 0.25) is 0 Å². The van der Waals surface area contributed by atoms with E-state index in [1.165, 1.54) is 27.5 Å². The van der Waals surface area contributed by atoms with Gasteiger partial charge in [-0.15, -0.1) is 0 Å². The number of hydrogen-bond acceptors (Lipinski definition) is 18. The van der Waals surface area contributed by atoms with Crippen LogP contribution in [0.5, 0.6) is 0 Å². The van der Waals surface area contributed by atoms with Gasteiger partial charge in [-0.3, -0.25) is 9.59 Å². The highest BCUT2D eigenvalue weighted by molar-refractivity contribution is 5.73. The zero-order valence-electron chi connectivity index (χ0n) is 31.3. The smallest absolute Gasteiger partial charge is 0.309 e. The molecule has 10 atom stereocenters. The van der Waals surface area contributed by atoms with Gasteiger partial charge in [0.2, 0.25) is 11.2 Å². The monoisotopic (exact) mass is 800 g/mol. The summed E-state index contributed by atoms with van der Waals surface area (Å²) in [6.07, 6.45) is -2.36. The first-order valence-corrected chi connectivity index (χ1v) is 19.4. The van der Waals surface area contributed by atoms with E-state index in [2.05, 4.69) is 15.1 Å². The molecule has 2 saturated heterocycles. The first kappa shape index (κ1) is 39.4. The molecule has 2 aliphatic heterocycles. The van der Waals surface area contributed by atoms with Crippen LogP contribution in [0, 0.1) is 34.5 Å². The lowest BCUT2D eigenvalue weighted by Crippen LogP contribution is -2.60. The topological polar surface area (TPSA) is 312 Å². The quantitative estimate of drug-likeness (QED) is 0.103. The third-order valence-electron chi connectivity index (χ3n) is 12.2. The normalized spacial score (nSPS) is 33.1. The number of esters is 2. The van der Waals surface area contributed by atoms with Gasteiger partial charge in [-0.2, -0.15) is 20.7 Å². The van der Waals surface area contributed by atoms with Gasteiger partial charge in [0, 0.05) is 5.92 Å². The Morgan fingerprint density at radius 1 is 0.828 bits per heavy atom. The molecule has 0 aromatic carbocycles. The van der Waals surface area contributed by atoms with Gasteiger partial charge < -0.3 is 50.8 Å². The molecule has 4 aromatic rings. The predicted octanol–water partition coefficient (Wildman–Crippen LogP) is 0.256. The van der Waals surface area contributed by atoms with Crippen molar-refractivity contribution in [3.05, 3.63) is 47.8 Å². The Hall–Kier alpha value is -5.48. The fraction of sp³-hybridized carbons (Fsp3) is 0.579. The second-order valence-electron chi connectivity index (χ2n) is 15.6. The van der Waals surface area contributed by atoms with E-state index in [0.717, 1.165) is 25.7 Å². The van der Waals surface area contributed by atoms with Crippen molar-refractivity contribution in [2.75, 3.05) is 24.7 Å². The zero-order valence-corrected chi connectivity index (χ0v) is 31.3. The lowest BCUT2D eigenvalue weighted by Gasteiger charge is -2.41. The van der Waals surface area contributed by atoms with Gasteiger partial charge in [0.1, 0.15) is 66.6 Å². The number of nitrogen functional groups attached to an aromatic ring is 2. The summed E-state index contributed by atoms with van der Waals surface area (Å²) in [5.41, 5.74) is 9.12. The summed E-state index contributed by atoms with van der Waals surface area (Å²) in [5, 5.41) is 74.1. The van der Waals surface area contributed by atoms with Gasteiger partial charge in [0.15, 0.2) is 23.6 Å². The maximum Gasteiger partial charge on any atom is 0.309 e. The molecule has 4 aliphatic rings. The number of aliphatic hydroxyl groups is 4. The number of fused-ring (bicyclic) bond motifs is 2. The van der Waals surface area contributed by atoms with Crippen LogP contribution >= 0.6 is 0 Å². The van der Waals surface area contributed by atoms with Gasteiger partial charge >= 0.3 is 11.9 Å². The van der Waals surface area contributed by atoms with Crippen molar-refractivity contribution in [2.45, 2.75) is 112 Å². The fourth-order valence-corrected chi connectivity index (χ4v) is 8.85. The SMILES string of the molecule is N#C[C@@]1(c2ccc3c(N)ncnn23)OCC(OC(=O)C2CCCC(c3nc(N)c4ccc([C@]5(C#N)O[C@H](COC(=O)C6CCCC6)[C@@H](O)[C@H]5O)n4n3)CC2)C(O)[C@H]1O. The molecule has 8 rings (SSSR count). The molecule has 2 aliphatic carbocycles. The Morgan fingerprint density at radius 3 is 2.21 bits per heavy atom. The molecule has 0 amide bonds. The minimum absolute atomic E-state index is 0.0991. The highest BCUT2D eigenvalue weighted by atomic mass is 16.6. The van der Waals surface area contributed by atoms with E-state index in [4.69, 9.17) is 35.5 Å². The highest BCUT2D eigenvalue weighted by Gasteiger charge is 2.58. The molecule has 4 aromatic heterocycles. The van der Waals surface area contributed by atoms with E-state index in [1.54, 1.807) is 12.1 Å². The fourth-order valence-electron chi connectivity index (χ4n) is 8.85. The molecule has 20 nitrogen and oxygen atoms in total. The molecular formula is C38H44N10O10. The summed E-state index contributed by atoms with van der Waals surface area (Å²) in [4.78, 5) is 34.6. The van der Waals surface area contributed by atoms with Crippen molar-refractivity contribution in [3.63, 3.8) is 0 Å². The molecule has 0 radical (unpaired) electrons. The van der Waals surface area contributed by atoms with Crippen LogP contribution in [-0.2, 0) is 39.7 Å². The van der Waals surface area contributed by atoms with E-state index in [9.17, 15) is 40.5 Å². The third-order valence-corrected chi connectivity index (χ3v) is 12.2. The van der Waals surface area contributed by atoms with E-state index in [0.29, 0.717) is 49.0 Å². The first-order chi connectivity index (χ1) is 27.9. The van der Waals surface area contributed by atoms with Crippen molar-refractivity contribution in [2.24, 2.45) is 11.8 Å². The summed E-state index contributed by atoms with van der Waals surface area (Å²) in [6, 6.07) is 10.1. The number of carbonyl (C=O) groups is 2. The van der Waals surface area contributed by atoms with Crippen molar-refractivity contribution in [1.82, 2.24) is 29.2 Å². The lowest BCUT2D eigenvalue weighted by molar-refractivity contribution is -0.232. The van der Waals surface area contributed by atoms with E-state index >= 15 is 0 Å². The van der Waals surface area contributed by atoms with Gasteiger partial charge in [-0.25, -0.2) is 19.0 Å². The summed E-state index contributed by atoms with van der Waals surface area (Å²) in [6.45, 7) is -0.738. The summed E-state index contributed by atoms with van der Waals surface area (Å²) >= 11 is 0. The average molecular weight is 801 g/mol. The second-order valence-corrected chi connectivity index (χ2v) is 15.6. The van der Waals surface area contributed by atoms with Crippen molar-refractivity contribution >= 4 is 34.6 Å². The van der Waals surface area contributed by atoms with Crippen LogP contribution in [-0.4, -0.2) is 111 Å². The summed E-state index contributed by atoms with van der Waals surface area (Å²) < 4.78 is 25.7. The number of rotatable bonds is 8. The number of carbonyl (C=O) groups excluding carboxylic acids is 2. The number of nitriles is 2. The Bertz CT molecular complexity index is 2300. The van der Waals surface area contributed by atoms with Crippen LogP contribution in [0.25, 0.3) is 11.0 Å². The Morgan fingerprint density at radius 2 is 1.48 bits per heavy atom. The predicted molar refractivity (Wildman–Crippen MR) is 196 cm³/mol. The Labute approximate surface area is 330 Å². The maximum absolute atomic E-state index is 13.5. The molecule has 8 N–H and O–H groups in total. The molecular weight excluding hydrogens is 756 g/mol. The van der Waals surface area contributed by atoms with Crippen molar-refractivity contribution in [3.8, 4) is 12.1 Å².